The molecule has 2 aromatic carbocycles. The summed E-state index contributed by atoms with van der Waals surface area (Å²) < 4.78 is 84.7. The molecule has 0 atom stereocenters. The van der Waals surface area contributed by atoms with Gasteiger partial charge in [0.25, 0.3) is 0 Å². The first-order valence-electron chi connectivity index (χ1n) is 12.9. The Morgan fingerprint density at radius 2 is 0.921 bits per heavy atom. The topological polar surface area (TPSA) is 111 Å². The molecule has 0 aliphatic heterocycles. The maximum Gasteiger partial charge on any atom is 0.573 e. The van der Waals surface area contributed by atoms with Crippen LogP contribution in [-0.4, -0.2) is 23.7 Å². The third-order valence-corrected chi connectivity index (χ3v) is 2150. The predicted molar refractivity (Wildman–Crippen MR) is 521 cm³/mol. The molecule has 63 heavy (non-hydrogen) atoms. The summed E-state index contributed by atoms with van der Waals surface area (Å²) >= 11 is 50.3. The van der Waals surface area contributed by atoms with Crippen LogP contribution in [0.5, 0.6) is 11.5 Å². The minimum atomic E-state index is -4.86. The summed E-state index contributed by atoms with van der Waals surface area (Å²) in [4.78, 5) is 11.3. The van der Waals surface area contributed by atoms with Crippen molar-refractivity contribution in [3.8, 4) is 28.9 Å². The van der Waals surface area contributed by atoms with Gasteiger partial charge in [0.2, 0.25) is 0 Å². The molecule has 0 saturated heterocycles. The van der Waals surface area contributed by atoms with Gasteiger partial charge in [-0.05, 0) is 24.3 Å². The van der Waals surface area contributed by atoms with Crippen molar-refractivity contribution >= 4 is 420 Å². The number of alkyl halides is 6. The second-order valence-electron chi connectivity index (χ2n) is 8.23. The van der Waals surface area contributed by atoms with E-state index in [1.165, 1.54) is 42.5 Å². The molecule has 0 radical (unpaired) electrons. The number of hydrogen-bond acceptors (Lipinski definition) is 7. The molecule has 0 fully saturated rings. The van der Waals surface area contributed by atoms with Crippen LogP contribution in [-0.2, 0) is 0 Å². The molecule has 1 aromatic heterocycles. The Bertz CT molecular complexity index is 1840. The Kier molecular flexibility index (Phi) is 53.2. The van der Waals surface area contributed by atoms with Crippen molar-refractivity contribution in [2.45, 2.75) is 19.1 Å². The van der Waals surface area contributed by atoms with Gasteiger partial charge in [-0.1, -0.05) is 29.4 Å². The first-order valence-corrected chi connectivity index (χ1v) is 195. The van der Waals surface area contributed by atoms with E-state index in [-0.39, 0.29) is 28.5 Å². The smallest absolute Gasteiger partial charge is 0.405 e. The first kappa shape index (κ1) is 78.7. The van der Waals surface area contributed by atoms with Gasteiger partial charge in [-0.3, -0.25) is 4.79 Å². The third kappa shape index (κ3) is 32.5. The van der Waals surface area contributed by atoms with Crippen LogP contribution in [0.2, 0.25) is 0 Å². The van der Waals surface area contributed by atoms with Gasteiger partial charge in [0, 0.05) is 6.07 Å². The Hall–Kier alpha value is 17.7. The molecular weight excluding hydrogens is 4270 g/mol. The number of nitriles is 1. The third-order valence-electron chi connectivity index (χ3n) is 4.62. The number of ether oxygens (including phenoxy) is 2. The van der Waals surface area contributed by atoms with Crippen molar-refractivity contribution in [2.24, 2.45) is 0 Å². The van der Waals surface area contributed by atoms with E-state index in [9.17, 15) is 31.1 Å². The number of rotatable bonds is 18. The van der Waals surface area contributed by atoms with Gasteiger partial charge in [-0.2, -0.15) is 5.26 Å². The molecule has 7 nitrogen and oxygen atoms in total. The molecule has 0 saturated carbocycles. The van der Waals surface area contributed by atoms with Gasteiger partial charge in [0.1, 0.15) is 11.5 Å². The minimum Gasteiger partial charge on any atom is -0.405 e. The van der Waals surface area contributed by atoms with Crippen molar-refractivity contribution < 1.29 is 45.1 Å². The molecule has 43 heteroatoms. The summed E-state index contributed by atoms with van der Waals surface area (Å²) in [5, 5.41) is 11.7. The van der Waals surface area contributed by atoms with Gasteiger partial charge in [-0.15, -0.1) is 26.3 Å². The van der Waals surface area contributed by atoms with Gasteiger partial charge in [0.05, 0.1) is 23.6 Å². The van der Waals surface area contributed by atoms with E-state index >= 15 is 0 Å². The zero-order valence-corrected chi connectivity index (χ0v) is 92.3. The van der Waals surface area contributed by atoms with E-state index in [4.69, 9.17) is 15.5 Å². The zero-order chi connectivity index (χ0) is 48.7. The van der Waals surface area contributed by atoms with Crippen LogP contribution in [0.3, 0.4) is 0 Å². The molecular formula is C20H13F6I30N3O4. The fourth-order valence-corrected chi connectivity index (χ4v) is 5030. The van der Waals surface area contributed by atoms with Crippen molar-refractivity contribution in [2.75, 3.05) is 5.73 Å². The number of carbonyl (C=O) groups excluding carboxylic acids is 1. The quantitative estimate of drug-likeness (QED) is 0.0767. The SMILES string of the molecule is II(I)I(I)I(I)I(I)I(I)I(I)I(I)I(I)I(I)I(I)I(I)I(I)I(I)I(I)I.N#CCC(=O)c1ccccc1OC(F)(F)F.Nc1cc(-c2ccccc2OC(F)(F)F)on1. The molecule has 0 amide bonds. The summed E-state index contributed by atoms with van der Waals surface area (Å²) in [5.74, 6) is -1.46. The van der Waals surface area contributed by atoms with E-state index < -0.39 is 141 Å². The Morgan fingerprint density at radius 1 is 0.587 bits per heavy atom. The number of nitrogens with two attached hydrogens (primary N) is 1. The number of aromatic nitrogens is 1. The van der Waals surface area contributed by atoms with E-state index in [2.05, 4.69) is 312 Å². The van der Waals surface area contributed by atoms with Gasteiger partial charge < -0.3 is 19.7 Å². The maximum absolute atomic E-state index is 12.1. The number of nitrogen functional groups attached to an aromatic ring is 1. The Labute approximate surface area is 565 Å². The van der Waals surface area contributed by atoms with Crippen LogP contribution in [0.25, 0.3) is 11.3 Å². The molecule has 384 valence electrons. The summed E-state index contributed by atoms with van der Waals surface area (Å²) in [6.45, 7) is 0. The van der Waals surface area contributed by atoms with Crippen LogP contribution in [0, 0.1) is 11.3 Å². The van der Waals surface area contributed by atoms with Crippen LogP contribution in [0.15, 0.2) is 59.1 Å². The molecule has 0 aliphatic carbocycles. The van der Waals surface area contributed by atoms with Crippen molar-refractivity contribution in [1.29, 1.82) is 5.26 Å². The number of ketones is 1. The molecule has 3 aromatic rings. The van der Waals surface area contributed by atoms with Crippen molar-refractivity contribution in [1.82, 2.24) is 5.16 Å². The normalized spacial score (nSPS) is 14.6. The summed E-state index contributed by atoms with van der Waals surface area (Å²) in [5.41, 5.74) is 5.21. The summed E-state index contributed by atoms with van der Waals surface area (Å²) in [7, 11) is -6.50. The maximum atomic E-state index is 12.1. The second-order valence-corrected chi connectivity index (χ2v) is 691. The number of hydrogen-bond donors (Lipinski definition) is 1. The average molecular weight is 4280 g/mol. The first-order chi connectivity index (χ1) is 29.0. The van der Waals surface area contributed by atoms with Gasteiger partial charge in [-0.25, -0.2) is 0 Å². The van der Waals surface area contributed by atoms with Crippen molar-refractivity contribution in [3.05, 3.63) is 60.2 Å². The van der Waals surface area contributed by atoms with Crippen LogP contribution in [0.1, 0.15) is 16.8 Å². The fraction of sp³-hybridized carbons (Fsp3) is 0.150. The largest absolute Gasteiger partial charge is 0.573 e. The monoisotopic (exact) mass is 4280 g/mol. The Balaban J connectivity index is 0.000000507. The number of halogens is 36. The van der Waals surface area contributed by atoms with E-state index in [1.807, 2.05) is 0 Å². The molecule has 2 N–H and O–H groups in total. The molecule has 0 aliphatic rings. The zero-order valence-electron chi connectivity index (χ0n) is 27.6. The number of nitrogens with zero attached hydrogens (tertiary/aromatic N) is 2. The molecule has 3 rings (SSSR count). The number of carbonyl (C=O) groups is 1. The van der Waals surface area contributed by atoms with E-state index in [0.717, 1.165) is 6.07 Å². The van der Waals surface area contributed by atoms with E-state index in [1.54, 1.807) is 12.1 Å². The summed E-state index contributed by atoms with van der Waals surface area (Å²) in [6.07, 6.45) is -10.1. The predicted octanol–water partition coefficient (Wildman–Crippen LogP) is 32.1. The Morgan fingerprint density at radius 3 is 1.25 bits per heavy atom. The second kappa shape index (κ2) is 42.5. The number of benzene rings is 2. The average Bonchev–Trinajstić information content (AvgIpc) is 3.65. The molecule has 0 bridgehead atoms. The fourth-order valence-electron chi connectivity index (χ4n) is 2.75. The number of Topliss-reactive ketones (excluding diaryl/α,β-unsaturated/α-hetero) is 1. The minimum absolute atomic E-state index is 0.0850. The number of para-hydroxylation sites is 2. The van der Waals surface area contributed by atoms with Gasteiger partial charge in [0.15, 0.2) is 17.4 Å². The van der Waals surface area contributed by atoms with Crippen LogP contribution < -0.4 is 15.2 Å². The number of anilines is 1. The molecule has 0 unspecified atom stereocenters. The van der Waals surface area contributed by atoms with Gasteiger partial charge >= 0.3 is 421 Å². The standard InChI is InChI=1S/C10H7F3N2O2.C10H6F3NO2.I30/c11-10(12,13)16-7-4-2-1-3-6(7)8-5-9(14)15-17-8;11-10(12,13)16-9-4-2-1-3-7(9)8(15)5-6-14;1-17(2)19(5)21(7)23(9)25(11)27(13)29(15)30(16)28(14)26(12)24(10)22(8)20(6)18(3)4/h1-5H,(H2,14,15);1-4H,5H2;. The van der Waals surface area contributed by atoms with Crippen LogP contribution >= 0.6 is 408 Å². The summed E-state index contributed by atoms with van der Waals surface area (Å²) in [6, 6.07) is 13.4. The molecule has 1 heterocycles. The van der Waals surface area contributed by atoms with E-state index in [0.29, 0.717) is 0 Å². The van der Waals surface area contributed by atoms with Crippen LogP contribution in [0.4, 0.5) is 32.2 Å². The van der Waals surface area contributed by atoms with Crippen molar-refractivity contribution in [3.63, 3.8) is 0 Å². The molecule has 0 spiro atoms.